The summed E-state index contributed by atoms with van der Waals surface area (Å²) in [4.78, 5) is 16.7. The van der Waals surface area contributed by atoms with Gasteiger partial charge in [-0.2, -0.15) is 4.52 Å². The minimum atomic E-state index is -0.372. The molecule has 5 rings (SSSR count). The lowest BCUT2D eigenvalue weighted by Gasteiger charge is -2.12. The number of nitrogens with zero attached hydrogens (tertiary/aromatic N) is 6. The molecule has 0 fully saturated rings. The summed E-state index contributed by atoms with van der Waals surface area (Å²) >= 11 is 0. The zero-order valence-electron chi connectivity index (χ0n) is 18.5. The third kappa shape index (κ3) is 4.04. The molecule has 0 bridgehead atoms. The Kier molecular flexibility index (Phi) is 5.60. The van der Waals surface area contributed by atoms with E-state index >= 15 is 0 Å². The van der Waals surface area contributed by atoms with Crippen LogP contribution in [0.5, 0.6) is 5.88 Å². The molecule has 0 aliphatic rings. The van der Waals surface area contributed by atoms with Crippen LogP contribution in [-0.4, -0.2) is 53.6 Å². The molecule has 2 N–H and O–H groups in total. The van der Waals surface area contributed by atoms with Crippen molar-refractivity contribution >= 4 is 22.3 Å². The van der Waals surface area contributed by atoms with Crippen molar-refractivity contribution in [3.05, 3.63) is 65.7 Å². The number of fused-ring (bicyclic) bond motifs is 3. The third-order valence-electron chi connectivity index (χ3n) is 5.13. The number of amides is 1. The van der Waals surface area contributed by atoms with Gasteiger partial charge < -0.3 is 19.7 Å². The lowest BCUT2D eigenvalue weighted by molar-refractivity contribution is 0.0916. The Morgan fingerprint density at radius 3 is 2.76 bits per heavy atom. The molecule has 172 valence electrons. The lowest BCUT2D eigenvalue weighted by atomic mass is 10.2. The van der Waals surface area contributed by atoms with Crippen molar-refractivity contribution in [2.45, 2.75) is 26.5 Å². The third-order valence-corrected chi connectivity index (χ3v) is 5.13. The van der Waals surface area contributed by atoms with E-state index in [1.165, 1.54) is 0 Å². The van der Waals surface area contributed by atoms with Crippen molar-refractivity contribution in [3.63, 3.8) is 0 Å². The summed E-state index contributed by atoms with van der Waals surface area (Å²) in [5, 5.41) is 30.6. The van der Waals surface area contributed by atoms with Crippen LogP contribution in [0.4, 0.5) is 0 Å². The number of hydrogen-bond donors (Lipinski definition) is 2. The number of pyridine rings is 1. The van der Waals surface area contributed by atoms with E-state index in [1.807, 2.05) is 24.3 Å². The molecule has 34 heavy (non-hydrogen) atoms. The second kappa shape index (κ2) is 8.87. The van der Waals surface area contributed by atoms with E-state index in [4.69, 9.17) is 14.4 Å². The monoisotopic (exact) mass is 459 g/mol. The summed E-state index contributed by atoms with van der Waals surface area (Å²) < 4.78 is 12.8. The normalized spacial score (nSPS) is 12.2. The maximum Gasteiger partial charge on any atom is 0.270 e. The molecule has 0 saturated carbocycles. The zero-order chi connectivity index (χ0) is 23.7. The van der Waals surface area contributed by atoms with Gasteiger partial charge in [-0.1, -0.05) is 29.4 Å². The molecule has 4 aromatic heterocycles. The van der Waals surface area contributed by atoms with E-state index < -0.39 is 0 Å². The number of nitrogens with one attached hydrogen (secondary N) is 1. The summed E-state index contributed by atoms with van der Waals surface area (Å²) in [6.07, 6.45) is 0. The quantitative estimate of drug-likeness (QED) is 0.375. The first kappa shape index (κ1) is 21.5. The Labute approximate surface area is 193 Å². The smallest absolute Gasteiger partial charge is 0.270 e. The summed E-state index contributed by atoms with van der Waals surface area (Å²) in [7, 11) is 0. The van der Waals surface area contributed by atoms with Crippen molar-refractivity contribution < 1.29 is 19.2 Å². The highest BCUT2D eigenvalue weighted by Gasteiger charge is 2.19. The van der Waals surface area contributed by atoms with Gasteiger partial charge in [-0.25, -0.2) is 4.98 Å². The van der Waals surface area contributed by atoms with Gasteiger partial charge in [-0.3, -0.25) is 4.79 Å². The maximum absolute atomic E-state index is 12.3. The number of aliphatic hydroxyl groups excluding tert-OH is 1. The molecule has 5 aromatic rings. The average molecular weight is 459 g/mol. The van der Waals surface area contributed by atoms with Crippen molar-refractivity contribution in [1.82, 2.24) is 35.3 Å². The molecule has 0 spiro atoms. The number of aliphatic hydroxyl groups is 1. The Hall–Kier alpha value is -4.38. The van der Waals surface area contributed by atoms with Gasteiger partial charge in [-0.05, 0) is 32.0 Å². The summed E-state index contributed by atoms with van der Waals surface area (Å²) in [5.41, 5.74) is 1.85. The molecular weight excluding hydrogens is 438 g/mol. The predicted octanol–water partition coefficient (Wildman–Crippen LogP) is 2.33. The Balaban J connectivity index is 1.48. The highest BCUT2D eigenvalue weighted by molar-refractivity contribution is 5.97. The number of aromatic nitrogens is 6. The van der Waals surface area contributed by atoms with Crippen LogP contribution in [0, 0.1) is 6.92 Å². The van der Waals surface area contributed by atoms with Crippen LogP contribution in [-0.2, 0) is 6.61 Å². The van der Waals surface area contributed by atoms with E-state index in [0.29, 0.717) is 34.5 Å². The van der Waals surface area contributed by atoms with Crippen LogP contribution in [0.15, 0.2) is 53.1 Å². The highest BCUT2D eigenvalue weighted by Crippen LogP contribution is 2.29. The number of carbonyl (C=O) groups is 1. The van der Waals surface area contributed by atoms with Gasteiger partial charge in [0.25, 0.3) is 5.91 Å². The second-order valence-electron chi connectivity index (χ2n) is 7.79. The van der Waals surface area contributed by atoms with Crippen molar-refractivity contribution in [3.8, 4) is 17.4 Å². The molecule has 1 amide bonds. The average Bonchev–Trinajstić information content (AvgIpc) is 3.48. The van der Waals surface area contributed by atoms with Gasteiger partial charge in [-0.15, -0.1) is 15.3 Å². The fraction of sp³-hybridized carbons (Fsp3) is 0.217. The molecule has 11 nitrogen and oxygen atoms in total. The van der Waals surface area contributed by atoms with Gasteiger partial charge >= 0.3 is 0 Å². The van der Waals surface area contributed by atoms with Crippen LogP contribution in [0.2, 0.25) is 0 Å². The first-order valence-corrected chi connectivity index (χ1v) is 10.6. The standard InChI is InChI=1S/C23H21N7O4/c1-13(11-31)24-22(32)18-9-5-6-15(25-18)12-33-23-17-8-4-3-7-16(17)20-26-27-21(30(20)28-23)19-10-14(2)34-29-19/h3-10,13,31H,11-12H2,1-2H3,(H,24,32)/t13-/m1/s1. The Morgan fingerprint density at radius 2 is 2.00 bits per heavy atom. The van der Waals surface area contributed by atoms with Crippen LogP contribution < -0.4 is 10.1 Å². The summed E-state index contributed by atoms with van der Waals surface area (Å²) in [6, 6.07) is 14.1. The van der Waals surface area contributed by atoms with Crippen LogP contribution in [0.1, 0.15) is 28.9 Å². The molecule has 0 aliphatic heterocycles. The van der Waals surface area contributed by atoms with Gasteiger partial charge in [0.1, 0.15) is 18.1 Å². The number of carbonyl (C=O) groups excluding carboxylic acids is 1. The van der Waals surface area contributed by atoms with Crippen LogP contribution >= 0.6 is 0 Å². The first-order chi connectivity index (χ1) is 16.5. The molecule has 0 saturated heterocycles. The van der Waals surface area contributed by atoms with Crippen molar-refractivity contribution in [1.29, 1.82) is 0 Å². The van der Waals surface area contributed by atoms with E-state index in [9.17, 15) is 4.79 Å². The Bertz CT molecular complexity index is 1490. The number of hydrogen-bond acceptors (Lipinski definition) is 9. The number of rotatable bonds is 7. The Morgan fingerprint density at radius 1 is 1.18 bits per heavy atom. The molecule has 0 aliphatic carbocycles. The molecule has 1 aromatic carbocycles. The van der Waals surface area contributed by atoms with E-state index in [-0.39, 0.29) is 30.9 Å². The lowest BCUT2D eigenvalue weighted by Crippen LogP contribution is -2.35. The fourth-order valence-electron chi connectivity index (χ4n) is 3.46. The minimum absolute atomic E-state index is 0.0830. The van der Waals surface area contributed by atoms with Gasteiger partial charge in [0.15, 0.2) is 11.3 Å². The fourth-order valence-corrected chi connectivity index (χ4v) is 3.46. The highest BCUT2D eigenvalue weighted by atomic mass is 16.5. The van der Waals surface area contributed by atoms with Gasteiger partial charge in [0.2, 0.25) is 11.7 Å². The van der Waals surface area contributed by atoms with Crippen molar-refractivity contribution in [2.24, 2.45) is 0 Å². The molecule has 0 unspecified atom stereocenters. The van der Waals surface area contributed by atoms with E-state index in [1.54, 1.807) is 42.6 Å². The number of ether oxygens (including phenoxy) is 1. The summed E-state index contributed by atoms with van der Waals surface area (Å²) in [5.74, 6) is 1.06. The first-order valence-electron chi connectivity index (χ1n) is 10.6. The zero-order valence-corrected chi connectivity index (χ0v) is 18.5. The second-order valence-corrected chi connectivity index (χ2v) is 7.79. The molecule has 1 atom stereocenters. The maximum atomic E-state index is 12.3. The SMILES string of the molecule is Cc1cc(-c2nnc3c4ccccc4c(OCc4cccc(C(=O)N[C@H](C)CO)n4)nn23)no1. The topological polar surface area (TPSA) is 141 Å². The van der Waals surface area contributed by atoms with E-state index in [2.05, 4.69) is 30.8 Å². The molecular formula is C23H21N7O4. The van der Waals surface area contributed by atoms with Crippen LogP contribution in [0.25, 0.3) is 27.9 Å². The van der Waals surface area contributed by atoms with Crippen molar-refractivity contribution in [2.75, 3.05) is 6.61 Å². The minimum Gasteiger partial charge on any atom is -0.470 e. The molecule has 11 heteroatoms. The van der Waals surface area contributed by atoms with Gasteiger partial charge in [0.05, 0.1) is 12.3 Å². The van der Waals surface area contributed by atoms with Gasteiger partial charge in [0, 0.05) is 22.9 Å². The number of aryl methyl sites for hydroxylation is 1. The largest absolute Gasteiger partial charge is 0.470 e. The molecule has 4 heterocycles. The van der Waals surface area contributed by atoms with E-state index in [0.717, 1.165) is 10.8 Å². The van der Waals surface area contributed by atoms with Crippen LogP contribution in [0.3, 0.4) is 0 Å². The molecule has 0 radical (unpaired) electrons. The number of benzene rings is 1. The summed E-state index contributed by atoms with van der Waals surface area (Å²) in [6.45, 7) is 3.43. The predicted molar refractivity (Wildman–Crippen MR) is 121 cm³/mol.